The minimum atomic E-state index is 0.513. The number of nitrogens with zero attached hydrogens (tertiary/aromatic N) is 2. The fraction of sp³-hybridized carbons (Fsp3) is 0.706. The lowest BCUT2D eigenvalue weighted by atomic mass is 10.1. The van der Waals surface area contributed by atoms with Crippen molar-refractivity contribution in [3.63, 3.8) is 0 Å². The van der Waals surface area contributed by atoms with Gasteiger partial charge in [-0.25, -0.2) is 4.98 Å². The molecule has 0 saturated carbocycles. The Labute approximate surface area is 124 Å². The number of rotatable bonds is 9. The van der Waals surface area contributed by atoms with Crippen LogP contribution in [-0.2, 0) is 13.0 Å². The van der Waals surface area contributed by atoms with Gasteiger partial charge < -0.3 is 10.2 Å². The molecule has 114 valence electrons. The zero-order valence-corrected chi connectivity index (χ0v) is 13.9. The summed E-state index contributed by atoms with van der Waals surface area (Å²) >= 11 is 0. The van der Waals surface area contributed by atoms with Gasteiger partial charge in [0, 0.05) is 31.9 Å². The predicted octanol–water partition coefficient (Wildman–Crippen LogP) is 3.77. The van der Waals surface area contributed by atoms with Crippen LogP contribution in [0.2, 0.25) is 0 Å². The van der Waals surface area contributed by atoms with E-state index in [4.69, 9.17) is 4.98 Å². The Hall–Kier alpha value is -1.09. The maximum atomic E-state index is 4.80. The van der Waals surface area contributed by atoms with E-state index < -0.39 is 0 Å². The summed E-state index contributed by atoms with van der Waals surface area (Å²) in [6, 6.07) is 4.99. The summed E-state index contributed by atoms with van der Waals surface area (Å²) in [5.41, 5.74) is 2.56. The molecule has 3 nitrogen and oxygen atoms in total. The van der Waals surface area contributed by atoms with Crippen LogP contribution in [0.15, 0.2) is 12.1 Å². The Balaban J connectivity index is 2.85. The second-order valence-electron chi connectivity index (χ2n) is 5.89. The Morgan fingerprint density at radius 3 is 2.55 bits per heavy atom. The van der Waals surface area contributed by atoms with E-state index in [1.165, 1.54) is 24.1 Å². The minimum absolute atomic E-state index is 0.513. The van der Waals surface area contributed by atoms with Crippen LogP contribution in [0.4, 0.5) is 5.82 Å². The molecule has 20 heavy (non-hydrogen) atoms. The van der Waals surface area contributed by atoms with Crippen LogP contribution in [0.3, 0.4) is 0 Å². The number of hydrogen-bond donors (Lipinski definition) is 1. The third-order valence-electron chi connectivity index (χ3n) is 3.38. The molecule has 0 bridgehead atoms. The third kappa shape index (κ3) is 5.91. The van der Waals surface area contributed by atoms with Crippen molar-refractivity contribution in [2.75, 3.05) is 18.5 Å². The molecule has 0 spiro atoms. The molecule has 1 N–H and O–H groups in total. The van der Waals surface area contributed by atoms with Gasteiger partial charge in [0.25, 0.3) is 0 Å². The number of anilines is 1. The van der Waals surface area contributed by atoms with E-state index in [-0.39, 0.29) is 0 Å². The lowest BCUT2D eigenvalue weighted by Crippen LogP contribution is -2.23. The van der Waals surface area contributed by atoms with Crippen LogP contribution in [0.25, 0.3) is 0 Å². The minimum Gasteiger partial charge on any atom is -0.360 e. The molecule has 1 aromatic rings. The number of nitrogens with one attached hydrogen (secondary N) is 1. The van der Waals surface area contributed by atoms with Gasteiger partial charge in [0.05, 0.1) is 0 Å². The van der Waals surface area contributed by atoms with Crippen molar-refractivity contribution in [2.24, 2.45) is 0 Å². The van der Waals surface area contributed by atoms with E-state index >= 15 is 0 Å². The summed E-state index contributed by atoms with van der Waals surface area (Å²) in [5, 5.41) is 3.49. The van der Waals surface area contributed by atoms with Crippen molar-refractivity contribution in [3.05, 3.63) is 23.4 Å². The van der Waals surface area contributed by atoms with Gasteiger partial charge in [-0.3, -0.25) is 0 Å². The fourth-order valence-corrected chi connectivity index (χ4v) is 2.15. The molecule has 0 aliphatic heterocycles. The van der Waals surface area contributed by atoms with Crippen LogP contribution in [0, 0.1) is 0 Å². The topological polar surface area (TPSA) is 28.2 Å². The highest BCUT2D eigenvalue weighted by molar-refractivity contribution is 5.42. The van der Waals surface area contributed by atoms with Crippen molar-refractivity contribution in [1.29, 1.82) is 0 Å². The molecule has 0 aliphatic carbocycles. The van der Waals surface area contributed by atoms with Crippen molar-refractivity contribution >= 4 is 5.82 Å². The number of unbranched alkanes of at least 4 members (excludes halogenated alkanes) is 1. The molecule has 0 aliphatic rings. The Kier molecular flexibility index (Phi) is 7.60. The largest absolute Gasteiger partial charge is 0.360 e. The standard InChI is InChI=1S/C17H31N3/c1-6-8-10-20(5)17-12-15(13-18-14(3)4)11-16(19-17)9-7-2/h11-12,14,18H,6-10,13H2,1-5H3. The summed E-state index contributed by atoms with van der Waals surface area (Å²) in [6.45, 7) is 10.8. The summed E-state index contributed by atoms with van der Waals surface area (Å²) in [4.78, 5) is 7.08. The summed E-state index contributed by atoms with van der Waals surface area (Å²) in [5.74, 6) is 1.12. The molecule has 0 aromatic carbocycles. The Bertz CT molecular complexity index is 388. The lowest BCUT2D eigenvalue weighted by Gasteiger charge is -2.20. The van der Waals surface area contributed by atoms with E-state index in [0.29, 0.717) is 6.04 Å². The number of aryl methyl sites for hydroxylation is 1. The molecule has 3 heteroatoms. The highest BCUT2D eigenvalue weighted by atomic mass is 15.2. The van der Waals surface area contributed by atoms with Gasteiger partial charge in [-0.1, -0.05) is 40.5 Å². The van der Waals surface area contributed by atoms with Gasteiger partial charge in [0.2, 0.25) is 0 Å². The Morgan fingerprint density at radius 2 is 1.95 bits per heavy atom. The van der Waals surface area contributed by atoms with Gasteiger partial charge in [-0.05, 0) is 30.5 Å². The first kappa shape index (κ1) is 17.0. The van der Waals surface area contributed by atoms with Crippen LogP contribution in [0.1, 0.15) is 58.2 Å². The van der Waals surface area contributed by atoms with Crippen molar-refractivity contribution in [3.8, 4) is 0 Å². The van der Waals surface area contributed by atoms with Crippen LogP contribution in [0.5, 0.6) is 0 Å². The number of pyridine rings is 1. The third-order valence-corrected chi connectivity index (χ3v) is 3.38. The van der Waals surface area contributed by atoms with E-state index in [9.17, 15) is 0 Å². The molecule has 0 amide bonds. The zero-order valence-electron chi connectivity index (χ0n) is 13.9. The highest BCUT2D eigenvalue weighted by Crippen LogP contribution is 2.16. The second-order valence-corrected chi connectivity index (χ2v) is 5.89. The van der Waals surface area contributed by atoms with Crippen LogP contribution >= 0.6 is 0 Å². The molecule has 1 rings (SSSR count). The first-order valence-electron chi connectivity index (χ1n) is 8.01. The maximum absolute atomic E-state index is 4.80. The summed E-state index contributed by atoms with van der Waals surface area (Å²) in [7, 11) is 2.15. The normalized spacial score (nSPS) is 11.1. The summed E-state index contributed by atoms with van der Waals surface area (Å²) < 4.78 is 0. The number of aromatic nitrogens is 1. The molecule has 0 radical (unpaired) electrons. The smallest absolute Gasteiger partial charge is 0.128 e. The molecular formula is C17H31N3. The quantitative estimate of drug-likeness (QED) is 0.745. The maximum Gasteiger partial charge on any atom is 0.128 e. The van der Waals surface area contributed by atoms with Gasteiger partial charge in [0.15, 0.2) is 0 Å². The van der Waals surface area contributed by atoms with Crippen molar-refractivity contribution in [2.45, 2.75) is 66.0 Å². The van der Waals surface area contributed by atoms with Gasteiger partial charge in [-0.2, -0.15) is 0 Å². The molecule has 0 saturated heterocycles. The van der Waals surface area contributed by atoms with Crippen molar-refractivity contribution in [1.82, 2.24) is 10.3 Å². The van der Waals surface area contributed by atoms with E-state index in [1.807, 2.05) is 0 Å². The van der Waals surface area contributed by atoms with E-state index in [0.717, 1.165) is 31.7 Å². The molecular weight excluding hydrogens is 246 g/mol. The van der Waals surface area contributed by atoms with E-state index in [2.05, 4.69) is 57.1 Å². The SMILES string of the molecule is CCCCN(C)c1cc(CNC(C)C)cc(CCC)n1. The van der Waals surface area contributed by atoms with Crippen molar-refractivity contribution < 1.29 is 0 Å². The zero-order chi connectivity index (χ0) is 15.0. The van der Waals surface area contributed by atoms with Gasteiger partial charge >= 0.3 is 0 Å². The fourth-order valence-electron chi connectivity index (χ4n) is 2.15. The number of hydrogen-bond acceptors (Lipinski definition) is 3. The molecule has 0 atom stereocenters. The van der Waals surface area contributed by atoms with E-state index in [1.54, 1.807) is 0 Å². The molecule has 0 fully saturated rings. The Morgan fingerprint density at radius 1 is 1.20 bits per heavy atom. The highest BCUT2D eigenvalue weighted by Gasteiger charge is 2.07. The predicted molar refractivity (Wildman–Crippen MR) is 88.4 cm³/mol. The lowest BCUT2D eigenvalue weighted by molar-refractivity contribution is 0.588. The average molecular weight is 277 g/mol. The molecule has 1 aromatic heterocycles. The molecule has 1 heterocycles. The van der Waals surface area contributed by atoms with Crippen LogP contribution < -0.4 is 10.2 Å². The molecule has 0 unspecified atom stereocenters. The second kappa shape index (κ2) is 8.96. The average Bonchev–Trinajstić information content (AvgIpc) is 2.42. The van der Waals surface area contributed by atoms with Crippen LogP contribution in [-0.4, -0.2) is 24.6 Å². The first-order chi connectivity index (χ1) is 9.56. The van der Waals surface area contributed by atoms with Gasteiger partial charge in [-0.15, -0.1) is 0 Å². The monoisotopic (exact) mass is 277 g/mol. The summed E-state index contributed by atoms with van der Waals surface area (Å²) in [6.07, 6.45) is 4.65. The first-order valence-corrected chi connectivity index (χ1v) is 8.01. The van der Waals surface area contributed by atoms with Gasteiger partial charge in [0.1, 0.15) is 5.82 Å².